The van der Waals surface area contributed by atoms with Gasteiger partial charge in [-0.15, -0.1) is 0 Å². The molecule has 2 aliphatic rings. The first-order valence-corrected chi connectivity index (χ1v) is 9.93. The highest BCUT2D eigenvalue weighted by molar-refractivity contribution is 6.04. The summed E-state index contributed by atoms with van der Waals surface area (Å²) >= 11 is 0. The van der Waals surface area contributed by atoms with Crippen LogP contribution in [0.2, 0.25) is 0 Å². The van der Waals surface area contributed by atoms with E-state index >= 15 is 0 Å². The lowest BCUT2D eigenvalue weighted by Gasteiger charge is -2.35. The lowest BCUT2D eigenvalue weighted by molar-refractivity contribution is -0.125. The molecule has 4 heteroatoms. The minimum Gasteiger partial charge on any atom is -0.348 e. The lowest BCUT2D eigenvalue weighted by atomic mass is 9.83. The molecule has 1 fully saturated rings. The molecule has 140 valence electrons. The number of hydrogen-bond donors (Lipinski definition) is 2. The standard InChI is InChI=1S/C23H26N2O2/c26-21-19-13-7-6-12-18(19)20(24-21)22(27)25-23(14-8-1-2-9-15-23)16-17-10-4-3-5-11-17/h3-7,10-13,20H,1-2,8-9,14-16H2,(H,24,26)(H,25,27)/t20-/m0/s1. The van der Waals surface area contributed by atoms with E-state index in [1.807, 2.05) is 24.3 Å². The van der Waals surface area contributed by atoms with E-state index in [0.717, 1.165) is 37.7 Å². The van der Waals surface area contributed by atoms with E-state index in [1.165, 1.54) is 18.4 Å². The van der Waals surface area contributed by atoms with Crippen molar-refractivity contribution >= 4 is 11.8 Å². The van der Waals surface area contributed by atoms with E-state index in [9.17, 15) is 9.59 Å². The zero-order valence-electron chi connectivity index (χ0n) is 15.5. The molecule has 1 aliphatic carbocycles. The highest BCUT2D eigenvalue weighted by atomic mass is 16.2. The van der Waals surface area contributed by atoms with E-state index in [4.69, 9.17) is 0 Å². The van der Waals surface area contributed by atoms with E-state index < -0.39 is 6.04 Å². The number of hydrogen-bond acceptors (Lipinski definition) is 2. The van der Waals surface area contributed by atoms with Crippen molar-refractivity contribution in [1.29, 1.82) is 0 Å². The first-order valence-electron chi connectivity index (χ1n) is 9.93. The van der Waals surface area contributed by atoms with Gasteiger partial charge >= 0.3 is 0 Å². The van der Waals surface area contributed by atoms with Crippen molar-refractivity contribution in [3.63, 3.8) is 0 Å². The van der Waals surface area contributed by atoms with Gasteiger partial charge in [0.05, 0.1) is 0 Å². The molecule has 0 bridgehead atoms. The van der Waals surface area contributed by atoms with Crippen LogP contribution in [-0.2, 0) is 11.2 Å². The maximum atomic E-state index is 13.2. The van der Waals surface area contributed by atoms with Crippen molar-refractivity contribution in [2.75, 3.05) is 0 Å². The molecule has 2 aromatic carbocycles. The van der Waals surface area contributed by atoms with E-state index in [1.54, 1.807) is 6.07 Å². The molecule has 4 nitrogen and oxygen atoms in total. The van der Waals surface area contributed by atoms with E-state index in [0.29, 0.717) is 5.56 Å². The second-order valence-corrected chi connectivity index (χ2v) is 7.84. The SMILES string of the molecule is O=C1N[C@H](C(=O)NC2(Cc3ccccc3)CCCCCC2)c2ccccc21. The molecule has 0 unspecified atom stereocenters. The summed E-state index contributed by atoms with van der Waals surface area (Å²) in [6, 6.07) is 17.2. The number of nitrogens with one attached hydrogen (secondary N) is 2. The summed E-state index contributed by atoms with van der Waals surface area (Å²) in [5.41, 5.74) is 2.40. The molecule has 0 radical (unpaired) electrons. The molecular formula is C23H26N2O2. The van der Waals surface area contributed by atoms with Gasteiger partial charge in [-0.3, -0.25) is 9.59 Å². The van der Waals surface area contributed by atoms with Crippen molar-refractivity contribution in [3.8, 4) is 0 Å². The van der Waals surface area contributed by atoms with Crippen LogP contribution in [0, 0.1) is 0 Å². The highest BCUT2D eigenvalue weighted by Gasteiger charge is 2.38. The van der Waals surface area contributed by atoms with Gasteiger partial charge in [0.2, 0.25) is 5.91 Å². The number of fused-ring (bicyclic) bond motifs is 1. The molecule has 0 saturated heterocycles. The highest BCUT2D eigenvalue weighted by Crippen LogP contribution is 2.32. The van der Waals surface area contributed by atoms with Gasteiger partial charge in [0.15, 0.2) is 0 Å². The maximum absolute atomic E-state index is 13.2. The van der Waals surface area contributed by atoms with Crippen LogP contribution in [0.5, 0.6) is 0 Å². The summed E-state index contributed by atoms with van der Waals surface area (Å²) in [6.45, 7) is 0. The van der Waals surface area contributed by atoms with E-state index in [2.05, 4.69) is 34.9 Å². The van der Waals surface area contributed by atoms with Crippen LogP contribution in [0.15, 0.2) is 54.6 Å². The Labute approximate surface area is 160 Å². The predicted octanol–water partition coefficient (Wildman–Crippen LogP) is 3.92. The summed E-state index contributed by atoms with van der Waals surface area (Å²) in [4.78, 5) is 25.4. The van der Waals surface area contributed by atoms with Gasteiger partial charge in [-0.2, -0.15) is 0 Å². The zero-order chi connectivity index (χ0) is 18.7. The summed E-state index contributed by atoms with van der Waals surface area (Å²) in [7, 11) is 0. The second-order valence-electron chi connectivity index (χ2n) is 7.84. The summed E-state index contributed by atoms with van der Waals surface area (Å²) in [5.74, 6) is -0.255. The van der Waals surface area contributed by atoms with Crippen LogP contribution < -0.4 is 10.6 Å². The van der Waals surface area contributed by atoms with Crippen molar-refractivity contribution < 1.29 is 9.59 Å². The van der Waals surface area contributed by atoms with Gasteiger partial charge in [-0.05, 0) is 36.5 Å². The van der Waals surface area contributed by atoms with Crippen molar-refractivity contribution in [1.82, 2.24) is 10.6 Å². The molecule has 1 aliphatic heterocycles. The quantitative estimate of drug-likeness (QED) is 0.810. The third kappa shape index (κ3) is 3.75. The average Bonchev–Trinajstić information content (AvgIpc) is 2.86. The van der Waals surface area contributed by atoms with Crippen LogP contribution in [-0.4, -0.2) is 17.4 Å². The smallest absolute Gasteiger partial charge is 0.252 e. The third-order valence-electron chi connectivity index (χ3n) is 5.89. The molecule has 0 spiro atoms. The Bertz CT molecular complexity index is 823. The van der Waals surface area contributed by atoms with Crippen molar-refractivity contribution in [2.45, 2.75) is 56.5 Å². The lowest BCUT2D eigenvalue weighted by Crippen LogP contribution is -2.52. The average molecular weight is 362 g/mol. The Morgan fingerprint density at radius 1 is 0.963 bits per heavy atom. The fourth-order valence-electron chi connectivity index (χ4n) is 4.52. The van der Waals surface area contributed by atoms with Gasteiger partial charge in [0.1, 0.15) is 6.04 Å². The molecule has 2 amide bonds. The normalized spacial score (nSPS) is 21.0. The molecule has 1 saturated carbocycles. The van der Waals surface area contributed by atoms with Gasteiger partial charge in [0, 0.05) is 11.1 Å². The number of carbonyl (C=O) groups excluding carboxylic acids is 2. The Balaban J connectivity index is 1.58. The monoisotopic (exact) mass is 362 g/mol. The number of benzene rings is 2. The maximum Gasteiger partial charge on any atom is 0.252 e. The minimum absolute atomic E-state index is 0.0915. The first kappa shape index (κ1) is 17.8. The zero-order valence-corrected chi connectivity index (χ0v) is 15.5. The second kappa shape index (κ2) is 7.55. The Morgan fingerprint density at radius 3 is 2.37 bits per heavy atom. The first-order chi connectivity index (χ1) is 13.2. The van der Waals surface area contributed by atoms with Crippen LogP contribution >= 0.6 is 0 Å². The molecule has 1 atom stereocenters. The van der Waals surface area contributed by atoms with Crippen LogP contribution in [0.3, 0.4) is 0 Å². The topological polar surface area (TPSA) is 58.2 Å². The Hall–Kier alpha value is -2.62. The number of carbonyl (C=O) groups is 2. The van der Waals surface area contributed by atoms with Crippen LogP contribution in [0.4, 0.5) is 0 Å². The van der Waals surface area contributed by atoms with E-state index in [-0.39, 0.29) is 17.4 Å². The van der Waals surface area contributed by atoms with Crippen LogP contribution in [0.25, 0.3) is 0 Å². The molecule has 0 aromatic heterocycles. The van der Waals surface area contributed by atoms with Gasteiger partial charge in [-0.1, -0.05) is 74.2 Å². The molecule has 4 rings (SSSR count). The molecule has 2 N–H and O–H groups in total. The summed E-state index contributed by atoms with van der Waals surface area (Å²) in [5, 5.41) is 6.22. The number of amides is 2. The summed E-state index contributed by atoms with van der Waals surface area (Å²) < 4.78 is 0. The largest absolute Gasteiger partial charge is 0.348 e. The van der Waals surface area contributed by atoms with Gasteiger partial charge < -0.3 is 10.6 Å². The van der Waals surface area contributed by atoms with Gasteiger partial charge in [0.25, 0.3) is 5.91 Å². The van der Waals surface area contributed by atoms with Crippen LogP contribution in [0.1, 0.15) is 66.1 Å². The fourth-order valence-corrected chi connectivity index (χ4v) is 4.52. The Kier molecular flexibility index (Phi) is 4.97. The number of rotatable bonds is 4. The molecule has 1 heterocycles. The molecule has 27 heavy (non-hydrogen) atoms. The van der Waals surface area contributed by atoms with Gasteiger partial charge in [-0.25, -0.2) is 0 Å². The fraction of sp³-hybridized carbons (Fsp3) is 0.391. The minimum atomic E-state index is -0.593. The summed E-state index contributed by atoms with van der Waals surface area (Å²) in [6.07, 6.45) is 7.49. The third-order valence-corrected chi connectivity index (χ3v) is 5.89. The predicted molar refractivity (Wildman–Crippen MR) is 105 cm³/mol. The van der Waals surface area contributed by atoms with Crippen molar-refractivity contribution in [3.05, 3.63) is 71.3 Å². The van der Waals surface area contributed by atoms with Crippen molar-refractivity contribution in [2.24, 2.45) is 0 Å². The Morgan fingerprint density at radius 2 is 1.63 bits per heavy atom. The molecule has 2 aromatic rings. The molecular weight excluding hydrogens is 336 g/mol.